The number of nitrogens with zero attached hydrogens (tertiary/aromatic N) is 2. The molecule has 2 amide bonds. The van der Waals surface area contributed by atoms with Crippen LogP contribution >= 0.6 is 11.6 Å². The number of anilines is 1. The third-order valence-corrected chi connectivity index (χ3v) is 4.53. The van der Waals surface area contributed by atoms with E-state index >= 15 is 0 Å². The van der Waals surface area contributed by atoms with Crippen molar-refractivity contribution in [1.82, 2.24) is 15.6 Å². The van der Waals surface area contributed by atoms with Crippen LogP contribution in [0.5, 0.6) is 0 Å². The van der Waals surface area contributed by atoms with Gasteiger partial charge in [0, 0.05) is 30.7 Å². The molecule has 1 saturated heterocycles. The monoisotopic (exact) mass is 420 g/mol. The van der Waals surface area contributed by atoms with Gasteiger partial charge in [-0.25, -0.2) is 4.98 Å². The molecule has 0 aromatic carbocycles. The maximum atomic E-state index is 12.7. The van der Waals surface area contributed by atoms with E-state index < -0.39 is 11.7 Å². The van der Waals surface area contributed by atoms with Crippen molar-refractivity contribution in [2.75, 3.05) is 24.5 Å². The van der Waals surface area contributed by atoms with E-state index in [4.69, 9.17) is 11.6 Å². The summed E-state index contributed by atoms with van der Waals surface area (Å²) in [4.78, 5) is 29.7. The zero-order valence-electron chi connectivity index (χ0n) is 16.0. The van der Waals surface area contributed by atoms with Gasteiger partial charge in [-0.05, 0) is 39.7 Å². The molecule has 0 unspecified atom stereocenters. The maximum absolute atomic E-state index is 12.7. The van der Waals surface area contributed by atoms with Crippen molar-refractivity contribution in [3.8, 4) is 0 Å². The standard InChI is InChI=1S/C18H24ClF3N4O2/c1-17(2,3)25-14(27)10-24-16(28)11-4-6-26(7-5-11)15-13(19)8-12(9-23-15)18(20,21)22/h8-9,11H,4-7,10H2,1-3H3,(H,24,28)(H,25,27). The molecule has 0 aliphatic carbocycles. The van der Waals surface area contributed by atoms with Crippen molar-refractivity contribution in [3.05, 3.63) is 22.8 Å². The second-order valence-corrected chi connectivity index (χ2v) is 8.21. The molecule has 2 N–H and O–H groups in total. The van der Waals surface area contributed by atoms with Gasteiger partial charge in [-0.15, -0.1) is 0 Å². The van der Waals surface area contributed by atoms with Crippen LogP contribution in [0.4, 0.5) is 19.0 Å². The van der Waals surface area contributed by atoms with Crippen molar-refractivity contribution in [1.29, 1.82) is 0 Å². The van der Waals surface area contributed by atoms with Gasteiger partial charge in [-0.3, -0.25) is 9.59 Å². The molecule has 0 bridgehead atoms. The van der Waals surface area contributed by atoms with Gasteiger partial charge >= 0.3 is 6.18 Å². The third kappa shape index (κ3) is 6.25. The average Bonchev–Trinajstić information content (AvgIpc) is 2.57. The van der Waals surface area contributed by atoms with Crippen LogP contribution in [0.25, 0.3) is 0 Å². The number of piperidine rings is 1. The molecular formula is C18H24ClF3N4O2. The van der Waals surface area contributed by atoms with Gasteiger partial charge in [0.1, 0.15) is 5.82 Å². The number of hydrogen-bond acceptors (Lipinski definition) is 4. The Morgan fingerprint density at radius 3 is 2.36 bits per heavy atom. The second-order valence-electron chi connectivity index (χ2n) is 7.80. The largest absolute Gasteiger partial charge is 0.417 e. The van der Waals surface area contributed by atoms with Crippen LogP contribution in [0.1, 0.15) is 39.2 Å². The SMILES string of the molecule is CC(C)(C)NC(=O)CNC(=O)C1CCN(c2ncc(C(F)(F)F)cc2Cl)CC1. The summed E-state index contributed by atoms with van der Waals surface area (Å²) < 4.78 is 38.2. The lowest BCUT2D eigenvalue weighted by Gasteiger charge is -2.32. The fraction of sp³-hybridized carbons (Fsp3) is 0.611. The van der Waals surface area contributed by atoms with E-state index in [0.717, 1.165) is 12.3 Å². The molecule has 0 spiro atoms. The molecule has 0 radical (unpaired) electrons. The van der Waals surface area contributed by atoms with Crippen molar-refractivity contribution in [2.24, 2.45) is 5.92 Å². The molecule has 1 aromatic heterocycles. The van der Waals surface area contributed by atoms with Crippen LogP contribution in [0.3, 0.4) is 0 Å². The lowest BCUT2D eigenvalue weighted by molar-refractivity contribution is -0.137. The van der Waals surface area contributed by atoms with E-state index in [-0.39, 0.29) is 40.7 Å². The van der Waals surface area contributed by atoms with Crippen LogP contribution in [-0.4, -0.2) is 42.0 Å². The van der Waals surface area contributed by atoms with Crippen molar-refractivity contribution in [2.45, 2.75) is 45.3 Å². The van der Waals surface area contributed by atoms with Gasteiger partial charge in [0.2, 0.25) is 11.8 Å². The minimum atomic E-state index is -4.50. The van der Waals surface area contributed by atoms with E-state index in [1.165, 1.54) is 0 Å². The molecule has 6 nitrogen and oxygen atoms in total. The molecule has 156 valence electrons. The fourth-order valence-corrected chi connectivity index (χ4v) is 3.23. The zero-order chi connectivity index (χ0) is 21.1. The second kappa shape index (κ2) is 8.55. The number of carbonyl (C=O) groups is 2. The minimum absolute atomic E-state index is 0.0726. The lowest BCUT2D eigenvalue weighted by Crippen LogP contribution is -2.47. The van der Waals surface area contributed by atoms with Crippen molar-refractivity contribution >= 4 is 29.2 Å². The van der Waals surface area contributed by atoms with E-state index in [1.807, 2.05) is 20.8 Å². The number of rotatable bonds is 4. The van der Waals surface area contributed by atoms with Crippen molar-refractivity contribution < 1.29 is 22.8 Å². The third-order valence-electron chi connectivity index (χ3n) is 4.25. The lowest BCUT2D eigenvalue weighted by atomic mass is 9.96. The summed E-state index contributed by atoms with van der Waals surface area (Å²) in [5.74, 6) is -0.473. The molecule has 1 aliphatic rings. The molecule has 10 heteroatoms. The summed E-state index contributed by atoms with van der Waals surface area (Å²) in [6.45, 7) is 6.33. The maximum Gasteiger partial charge on any atom is 0.417 e. The quantitative estimate of drug-likeness (QED) is 0.785. The first-order valence-electron chi connectivity index (χ1n) is 8.93. The molecule has 1 fully saturated rings. The average molecular weight is 421 g/mol. The van der Waals surface area contributed by atoms with Crippen LogP contribution in [-0.2, 0) is 15.8 Å². The summed E-state index contributed by atoms with van der Waals surface area (Å²) in [5, 5.41) is 5.32. The number of pyridine rings is 1. The Hall–Kier alpha value is -2.03. The van der Waals surface area contributed by atoms with Crippen LogP contribution in [0.2, 0.25) is 5.02 Å². The van der Waals surface area contributed by atoms with Gasteiger partial charge in [0.15, 0.2) is 0 Å². The van der Waals surface area contributed by atoms with Crippen LogP contribution in [0.15, 0.2) is 12.3 Å². The predicted molar refractivity (Wildman–Crippen MR) is 100 cm³/mol. The molecule has 2 rings (SSSR count). The highest BCUT2D eigenvalue weighted by atomic mass is 35.5. The Morgan fingerprint density at radius 2 is 1.86 bits per heavy atom. The van der Waals surface area contributed by atoms with Gasteiger partial charge in [-0.1, -0.05) is 11.6 Å². The van der Waals surface area contributed by atoms with Gasteiger partial charge in [0.05, 0.1) is 17.1 Å². The summed E-state index contributed by atoms with van der Waals surface area (Å²) >= 11 is 5.98. The highest BCUT2D eigenvalue weighted by Gasteiger charge is 2.33. The van der Waals surface area contributed by atoms with Gasteiger partial charge in [0.25, 0.3) is 0 Å². The number of alkyl halides is 3. The summed E-state index contributed by atoms with van der Waals surface area (Å²) in [5.41, 5.74) is -1.27. The molecule has 0 atom stereocenters. The number of aromatic nitrogens is 1. The fourth-order valence-electron chi connectivity index (χ4n) is 2.95. The van der Waals surface area contributed by atoms with E-state index in [2.05, 4.69) is 15.6 Å². The van der Waals surface area contributed by atoms with Gasteiger partial charge in [-0.2, -0.15) is 13.2 Å². The molecule has 28 heavy (non-hydrogen) atoms. The normalized spacial score (nSPS) is 16.0. The smallest absolute Gasteiger partial charge is 0.355 e. The molecule has 2 heterocycles. The summed E-state index contributed by atoms with van der Waals surface area (Å²) in [6, 6.07) is 0.858. The molecule has 0 saturated carbocycles. The first-order chi connectivity index (χ1) is 12.9. The Labute approximate surface area is 166 Å². The Kier molecular flexibility index (Phi) is 6.80. The topological polar surface area (TPSA) is 74.3 Å². The first-order valence-corrected chi connectivity index (χ1v) is 9.31. The number of carbonyl (C=O) groups excluding carboxylic acids is 2. The number of nitrogens with one attached hydrogen (secondary N) is 2. The van der Waals surface area contributed by atoms with Crippen LogP contribution < -0.4 is 15.5 Å². The molecule has 1 aliphatic heterocycles. The Morgan fingerprint density at radius 1 is 1.25 bits per heavy atom. The first kappa shape index (κ1) is 22.3. The van der Waals surface area contributed by atoms with E-state index in [1.54, 1.807) is 4.90 Å². The van der Waals surface area contributed by atoms with E-state index in [9.17, 15) is 22.8 Å². The zero-order valence-corrected chi connectivity index (χ0v) is 16.7. The Balaban J connectivity index is 1.87. The molecular weight excluding hydrogens is 397 g/mol. The Bertz CT molecular complexity index is 727. The highest BCUT2D eigenvalue weighted by molar-refractivity contribution is 6.33. The highest BCUT2D eigenvalue weighted by Crippen LogP contribution is 2.34. The summed E-state index contributed by atoms with van der Waals surface area (Å²) in [6.07, 6.45) is -2.76. The minimum Gasteiger partial charge on any atom is -0.355 e. The predicted octanol–water partition coefficient (Wildman–Crippen LogP) is 3.00. The van der Waals surface area contributed by atoms with Crippen molar-refractivity contribution in [3.63, 3.8) is 0 Å². The number of halogens is 4. The van der Waals surface area contributed by atoms with Gasteiger partial charge < -0.3 is 15.5 Å². The van der Waals surface area contributed by atoms with Crippen LogP contribution in [0, 0.1) is 5.92 Å². The number of hydrogen-bond donors (Lipinski definition) is 2. The number of amides is 2. The molecule has 1 aromatic rings. The summed E-state index contributed by atoms with van der Waals surface area (Å²) in [7, 11) is 0. The van der Waals surface area contributed by atoms with E-state index in [0.29, 0.717) is 25.9 Å².